The van der Waals surface area contributed by atoms with Gasteiger partial charge in [0.15, 0.2) is 0 Å². The number of nitrogens with two attached hydrogens (primary N) is 1. The van der Waals surface area contributed by atoms with Crippen molar-refractivity contribution in [1.82, 2.24) is 10.1 Å². The second kappa shape index (κ2) is 5.38. The van der Waals surface area contributed by atoms with Crippen molar-refractivity contribution in [2.24, 2.45) is 5.73 Å². The SMILES string of the molecule is COCCC(N)c1nc(C2CCCO2)no1. The molecule has 6 heteroatoms. The Balaban J connectivity index is 1.95. The average Bonchev–Trinajstić information content (AvgIpc) is 2.94. The molecule has 0 spiro atoms. The van der Waals surface area contributed by atoms with Crippen LogP contribution in [0.4, 0.5) is 0 Å². The smallest absolute Gasteiger partial charge is 0.243 e. The van der Waals surface area contributed by atoms with Gasteiger partial charge in [0.05, 0.1) is 6.04 Å². The van der Waals surface area contributed by atoms with Crippen LogP contribution in [0.25, 0.3) is 0 Å². The maximum Gasteiger partial charge on any atom is 0.243 e. The molecule has 0 radical (unpaired) electrons. The van der Waals surface area contributed by atoms with Crippen LogP contribution in [-0.2, 0) is 9.47 Å². The summed E-state index contributed by atoms with van der Waals surface area (Å²) in [6, 6.07) is -0.261. The van der Waals surface area contributed by atoms with E-state index in [-0.39, 0.29) is 12.1 Å². The van der Waals surface area contributed by atoms with Crippen LogP contribution in [0.1, 0.15) is 43.1 Å². The zero-order valence-corrected chi connectivity index (χ0v) is 9.39. The van der Waals surface area contributed by atoms with Gasteiger partial charge in [-0.3, -0.25) is 0 Å². The topological polar surface area (TPSA) is 83.4 Å². The number of methoxy groups -OCH3 is 1. The highest BCUT2D eigenvalue weighted by Crippen LogP contribution is 2.26. The maximum atomic E-state index is 5.88. The number of aromatic nitrogens is 2. The number of rotatable bonds is 5. The van der Waals surface area contributed by atoms with Crippen molar-refractivity contribution in [2.75, 3.05) is 20.3 Å². The summed E-state index contributed by atoms with van der Waals surface area (Å²) in [6.07, 6.45) is 2.65. The fourth-order valence-electron chi connectivity index (χ4n) is 1.68. The zero-order valence-electron chi connectivity index (χ0n) is 9.39. The van der Waals surface area contributed by atoms with E-state index in [1.54, 1.807) is 7.11 Å². The van der Waals surface area contributed by atoms with Crippen molar-refractivity contribution in [1.29, 1.82) is 0 Å². The molecule has 0 saturated carbocycles. The molecule has 1 fully saturated rings. The molecular formula is C10H17N3O3. The predicted molar refractivity (Wildman–Crippen MR) is 55.6 cm³/mol. The molecule has 1 aliphatic rings. The molecule has 6 nitrogen and oxygen atoms in total. The third-order valence-corrected chi connectivity index (χ3v) is 2.63. The monoisotopic (exact) mass is 227 g/mol. The molecule has 2 unspecified atom stereocenters. The molecule has 1 aromatic rings. The summed E-state index contributed by atoms with van der Waals surface area (Å²) in [5.74, 6) is 1.07. The van der Waals surface area contributed by atoms with Gasteiger partial charge >= 0.3 is 0 Å². The van der Waals surface area contributed by atoms with Gasteiger partial charge in [0.1, 0.15) is 6.10 Å². The van der Waals surface area contributed by atoms with E-state index in [2.05, 4.69) is 10.1 Å². The molecule has 2 heterocycles. The first-order valence-corrected chi connectivity index (χ1v) is 5.51. The lowest BCUT2D eigenvalue weighted by Crippen LogP contribution is -2.13. The molecule has 0 bridgehead atoms. The lowest BCUT2D eigenvalue weighted by molar-refractivity contribution is 0.103. The molecule has 1 aromatic heterocycles. The van der Waals surface area contributed by atoms with Gasteiger partial charge in [0, 0.05) is 20.3 Å². The van der Waals surface area contributed by atoms with E-state index in [4.69, 9.17) is 19.7 Å². The van der Waals surface area contributed by atoms with Crippen LogP contribution in [-0.4, -0.2) is 30.5 Å². The van der Waals surface area contributed by atoms with Crippen molar-refractivity contribution in [3.05, 3.63) is 11.7 Å². The van der Waals surface area contributed by atoms with Crippen LogP contribution < -0.4 is 5.73 Å². The standard InChI is InChI=1S/C10H17N3O3/c1-14-6-4-7(11)10-12-9(13-16-10)8-3-2-5-15-8/h7-8H,2-6,11H2,1H3. The Morgan fingerprint density at radius 3 is 3.19 bits per heavy atom. The Bertz CT molecular complexity index is 323. The third kappa shape index (κ3) is 2.58. The van der Waals surface area contributed by atoms with Crippen LogP contribution in [0.15, 0.2) is 4.52 Å². The van der Waals surface area contributed by atoms with Gasteiger partial charge in [-0.15, -0.1) is 0 Å². The molecule has 0 amide bonds. The van der Waals surface area contributed by atoms with Gasteiger partial charge in [-0.05, 0) is 19.3 Å². The zero-order chi connectivity index (χ0) is 11.4. The normalized spacial score (nSPS) is 22.5. The Morgan fingerprint density at radius 2 is 2.50 bits per heavy atom. The van der Waals surface area contributed by atoms with Crippen LogP contribution in [0.3, 0.4) is 0 Å². The molecule has 2 N–H and O–H groups in total. The van der Waals surface area contributed by atoms with Crippen molar-refractivity contribution >= 4 is 0 Å². The van der Waals surface area contributed by atoms with Gasteiger partial charge in [0.25, 0.3) is 0 Å². The molecule has 90 valence electrons. The van der Waals surface area contributed by atoms with Crippen molar-refractivity contribution in [3.8, 4) is 0 Å². The van der Waals surface area contributed by atoms with Crippen molar-refractivity contribution < 1.29 is 14.0 Å². The number of nitrogens with zero attached hydrogens (tertiary/aromatic N) is 2. The average molecular weight is 227 g/mol. The number of hydrogen-bond acceptors (Lipinski definition) is 6. The van der Waals surface area contributed by atoms with Gasteiger partial charge in [0.2, 0.25) is 11.7 Å². The highest BCUT2D eigenvalue weighted by atomic mass is 16.5. The second-order valence-corrected chi connectivity index (χ2v) is 3.88. The fourth-order valence-corrected chi connectivity index (χ4v) is 1.68. The van der Waals surface area contributed by atoms with Crippen molar-refractivity contribution in [3.63, 3.8) is 0 Å². The van der Waals surface area contributed by atoms with E-state index in [0.717, 1.165) is 19.4 Å². The first kappa shape index (κ1) is 11.5. The number of ether oxygens (including phenoxy) is 2. The van der Waals surface area contributed by atoms with E-state index in [9.17, 15) is 0 Å². The quantitative estimate of drug-likeness (QED) is 0.806. The Labute approximate surface area is 94.1 Å². The largest absolute Gasteiger partial charge is 0.385 e. The summed E-state index contributed by atoms with van der Waals surface area (Å²) >= 11 is 0. The molecule has 2 rings (SSSR count). The lowest BCUT2D eigenvalue weighted by atomic mass is 10.2. The van der Waals surface area contributed by atoms with E-state index in [1.165, 1.54) is 0 Å². The van der Waals surface area contributed by atoms with Gasteiger partial charge in [-0.2, -0.15) is 4.98 Å². The minimum atomic E-state index is -0.261. The third-order valence-electron chi connectivity index (χ3n) is 2.63. The van der Waals surface area contributed by atoms with E-state index in [1.807, 2.05) is 0 Å². The molecular weight excluding hydrogens is 210 g/mol. The first-order valence-electron chi connectivity index (χ1n) is 5.51. The highest BCUT2D eigenvalue weighted by Gasteiger charge is 2.24. The van der Waals surface area contributed by atoms with E-state index < -0.39 is 0 Å². The summed E-state index contributed by atoms with van der Waals surface area (Å²) < 4.78 is 15.5. The molecule has 16 heavy (non-hydrogen) atoms. The van der Waals surface area contributed by atoms with Crippen molar-refractivity contribution in [2.45, 2.75) is 31.4 Å². The number of hydrogen-bond donors (Lipinski definition) is 1. The van der Waals surface area contributed by atoms with Crippen LogP contribution in [0.5, 0.6) is 0 Å². The Kier molecular flexibility index (Phi) is 3.87. The molecule has 0 aromatic carbocycles. The molecule has 1 aliphatic heterocycles. The minimum Gasteiger partial charge on any atom is -0.385 e. The van der Waals surface area contributed by atoms with Crippen LogP contribution >= 0.6 is 0 Å². The van der Waals surface area contributed by atoms with E-state index >= 15 is 0 Å². The van der Waals surface area contributed by atoms with E-state index in [0.29, 0.717) is 24.7 Å². The summed E-state index contributed by atoms with van der Waals surface area (Å²) in [4.78, 5) is 4.26. The van der Waals surface area contributed by atoms with Gasteiger partial charge in [-0.1, -0.05) is 5.16 Å². The molecule has 2 atom stereocenters. The molecule has 0 aliphatic carbocycles. The predicted octanol–water partition coefficient (Wildman–Crippen LogP) is 0.957. The maximum absolute atomic E-state index is 5.88. The van der Waals surface area contributed by atoms with Gasteiger partial charge in [-0.25, -0.2) is 0 Å². The Morgan fingerprint density at radius 1 is 1.62 bits per heavy atom. The molecule has 1 saturated heterocycles. The summed E-state index contributed by atoms with van der Waals surface area (Å²) in [7, 11) is 1.64. The summed E-state index contributed by atoms with van der Waals surface area (Å²) in [5, 5.41) is 3.90. The van der Waals surface area contributed by atoms with Gasteiger partial charge < -0.3 is 19.7 Å². The first-order chi connectivity index (χ1) is 7.81. The van der Waals surface area contributed by atoms with Crippen LogP contribution in [0.2, 0.25) is 0 Å². The fraction of sp³-hybridized carbons (Fsp3) is 0.800. The summed E-state index contributed by atoms with van der Waals surface area (Å²) in [6.45, 7) is 1.35. The summed E-state index contributed by atoms with van der Waals surface area (Å²) in [5.41, 5.74) is 5.88. The van der Waals surface area contributed by atoms with Crippen LogP contribution in [0, 0.1) is 0 Å². The Hall–Kier alpha value is -0.980. The minimum absolute atomic E-state index is 0.0212. The lowest BCUT2D eigenvalue weighted by Gasteiger charge is -2.04. The second-order valence-electron chi connectivity index (χ2n) is 3.88. The highest BCUT2D eigenvalue weighted by molar-refractivity contribution is 4.96.